The molecule has 6 rings (SSSR count). The van der Waals surface area contributed by atoms with E-state index in [1.165, 1.54) is 36.9 Å². The van der Waals surface area contributed by atoms with E-state index in [0.717, 1.165) is 39.4 Å². The molecule has 4 heterocycles. The summed E-state index contributed by atoms with van der Waals surface area (Å²) in [6, 6.07) is 5.45. The lowest BCUT2D eigenvalue weighted by molar-refractivity contribution is 0.329. The zero-order valence-corrected chi connectivity index (χ0v) is 17.5. The first-order valence-corrected chi connectivity index (χ1v) is 11.2. The Morgan fingerprint density at radius 2 is 2.00 bits per heavy atom. The highest BCUT2D eigenvalue weighted by Gasteiger charge is 2.21. The number of halogens is 1. The molecular formula is C23H20FN5OS. The Morgan fingerprint density at radius 1 is 1.13 bits per heavy atom. The van der Waals surface area contributed by atoms with Crippen molar-refractivity contribution in [1.29, 1.82) is 0 Å². The molecule has 1 fully saturated rings. The fourth-order valence-corrected chi connectivity index (χ4v) is 5.35. The van der Waals surface area contributed by atoms with Crippen LogP contribution in [0.3, 0.4) is 0 Å². The van der Waals surface area contributed by atoms with Gasteiger partial charge >= 0.3 is 0 Å². The van der Waals surface area contributed by atoms with Crippen molar-refractivity contribution in [2.75, 3.05) is 5.73 Å². The molecule has 0 atom stereocenters. The molecule has 4 aromatic heterocycles. The van der Waals surface area contributed by atoms with Crippen LogP contribution in [0.4, 0.5) is 10.2 Å². The molecule has 1 saturated carbocycles. The van der Waals surface area contributed by atoms with Gasteiger partial charge in [-0.25, -0.2) is 9.37 Å². The molecule has 0 unspecified atom stereocenters. The Balaban J connectivity index is 1.49. The van der Waals surface area contributed by atoms with Gasteiger partial charge in [0.15, 0.2) is 11.4 Å². The number of nitrogens with zero attached hydrogens (tertiary/aromatic N) is 4. The molecule has 0 radical (unpaired) electrons. The highest BCUT2D eigenvalue weighted by Crippen LogP contribution is 2.40. The van der Waals surface area contributed by atoms with Crippen molar-refractivity contribution in [2.45, 2.75) is 38.1 Å². The number of furan rings is 1. The number of nitrogens with two attached hydrogens (primary N) is 1. The maximum atomic E-state index is 14.8. The largest absolute Gasteiger partial charge is 0.452 e. The number of nitrogen functional groups attached to an aromatic ring is 1. The molecule has 1 aliphatic rings. The number of pyridine rings is 1. The van der Waals surface area contributed by atoms with Crippen LogP contribution in [-0.2, 0) is 0 Å². The average Bonchev–Trinajstić information content (AvgIpc) is 3.54. The summed E-state index contributed by atoms with van der Waals surface area (Å²) in [5, 5.41) is 6.29. The number of aromatic nitrogens is 4. The molecule has 6 nitrogen and oxygen atoms in total. The third-order valence-corrected chi connectivity index (χ3v) is 7.00. The number of benzene rings is 1. The molecule has 0 aliphatic heterocycles. The molecule has 0 bridgehead atoms. The van der Waals surface area contributed by atoms with E-state index < -0.39 is 0 Å². The summed E-state index contributed by atoms with van der Waals surface area (Å²) in [6.45, 7) is 0. The maximum absolute atomic E-state index is 14.8. The summed E-state index contributed by atoms with van der Waals surface area (Å²) in [7, 11) is 0. The molecule has 5 aromatic rings. The molecule has 0 amide bonds. The van der Waals surface area contributed by atoms with Gasteiger partial charge in [0.2, 0.25) is 0 Å². The zero-order valence-electron chi connectivity index (χ0n) is 16.7. The van der Waals surface area contributed by atoms with Gasteiger partial charge in [-0.3, -0.25) is 4.68 Å². The van der Waals surface area contributed by atoms with Gasteiger partial charge in [-0.15, -0.1) is 0 Å². The van der Waals surface area contributed by atoms with E-state index >= 15 is 0 Å². The van der Waals surface area contributed by atoms with Gasteiger partial charge in [-0.1, -0.05) is 19.3 Å². The predicted molar refractivity (Wildman–Crippen MR) is 120 cm³/mol. The number of hydrogen-bond acceptors (Lipinski definition) is 6. The average molecular weight is 434 g/mol. The molecule has 1 aromatic carbocycles. The van der Waals surface area contributed by atoms with Crippen molar-refractivity contribution in [3.8, 4) is 22.5 Å². The number of anilines is 1. The number of rotatable bonds is 3. The smallest absolute Gasteiger partial charge is 0.177 e. The first kappa shape index (κ1) is 18.5. The first-order chi connectivity index (χ1) is 15.2. The lowest BCUT2D eigenvalue weighted by Crippen LogP contribution is -2.12. The molecule has 156 valence electrons. The van der Waals surface area contributed by atoms with Crippen LogP contribution in [0.1, 0.15) is 38.1 Å². The second-order valence-electron chi connectivity index (χ2n) is 8.08. The van der Waals surface area contributed by atoms with Crippen LogP contribution in [0.5, 0.6) is 0 Å². The highest BCUT2D eigenvalue weighted by molar-refractivity contribution is 7.13. The molecule has 31 heavy (non-hydrogen) atoms. The van der Waals surface area contributed by atoms with Crippen LogP contribution < -0.4 is 5.73 Å². The highest BCUT2D eigenvalue weighted by atomic mass is 32.1. The Kier molecular flexibility index (Phi) is 4.27. The van der Waals surface area contributed by atoms with Gasteiger partial charge in [-0.05, 0) is 42.6 Å². The fourth-order valence-electron chi connectivity index (χ4n) is 4.56. The summed E-state index contributed by atoms with van der Waals surface area (Å²) in [4.78, 5) is 4.33. The van der Waals surface area contributed by atoms with Crippen LogP contribution in [0, 0.1) is 5.82 Å². The van der Waals surface area contributed by atoms with Crippen molar-refractivity contribution in [3.05, 3.63) is 48.8 Å². The molecule has 0 saturated heterocycles. The number of fused-ring (bicyclic) bond motifs is 2. The van der Waals surface area contributed by atoms with E-state index in [2.05, 4.69) is 25.3 Å². The van der Waals surface area contributed by atoms with Gasteiger partial charge in [0, 0.05) is 40.5 Å². The van der Waals surface area contributed by atoms with Gasteiger partial charge < -0.3 is 10.2 Å². The predicted octanol–water partition coefficient (Wildman–Crippen LogP) is 6.19. The Morgan fingerprint density at radius 3 is 2.87 bits per heavy atom. The van der Waals surface area contributed by atoms with Gasteiger partial charge in [0.25, 0.3) is 0 Å². The van der Waals surface area contributed by atoms with Crippen LogP contribution in [-0.4, -0.2) is 19.1 Å². The van der Waals surface area contributed by atoms with E-state index in [9.17, 15) is 4.39 Å². The van der Waals surface area contributed by atoms with E-state index in [1.54, 1.807) is 18.5 Å². The molecule has 1 aliphatic carbocycles. The van der Waals surface area contributed by atoms with Gasteiger partial charge in [-0.2, -0.15) is 9.47 Å². The van der Waals surface area contributed by atoms with Crippen molar-refractivity contribution < 1.29 is 8.81 Å². The van der Waals surface area contributed by atoms with E-state index in [-0.39, 0.29) is 11.6 Å². The molecular weight excluding hydrogens is 413 g/mol. The Labute approximate surface area is 181 Å². The minimum atomic E-state index is -0.353. The summed E-state index contributed by atoms with van der Waals surface area (Å²) in [5.74, 6) is 0.346. The first-order valence-electron chi connectivity index (χ1n) is 10.4. The standard InChI is InChI=1S/C23H20FN5OS/c24-18-7-6-13-10-28-31-22(13)20(18)19-8-16-17(11-26-23(25)21(16)30-19)14-9-27-29(12-14)15-4-2-1-3-5-15/h6-12,15H,1-5H2,(H2,25,26). The lowest BCUT2D eigenvalue weighted by Gasteiger charge is -2.21. The van der Waals surface area contributed by atoms with Crippen molar-refractivity contribution in [1.82, 2.24) is 19.1 Å². The summed E-state index contributed by atoms with van der Waals surface area (Å²) < 4.78 is 27.9. The molecule has 2 N–H and O–H groups in total. The summed E-state index contributed by atoms with van der Waals surface area (Å²) in [6.07, 6.45) is 13.5. The Bertz CT molecular complexity index is 1410. The van der Waals surface area contributed by atoms with Crippen molar-refractivity contribution in [3.63, 3.8) is 0 Å². The van der Waals surface area contributed by atoms with Gasteiger partial charge in [0.05, 0.1) is 22.5 Å². The normalized spacial score (nSPS) is 15.3. The number of hydrogen-bond donors (Lipinski definition) is 1. The van der Waals surface area contributed by atoms with Crippen molar-refractivity contribution in [2.24, 2.45) is 0 Å². The molecule has 0 spiro atoms. The SMILES string of the molecule is Nc1ncc(-c2cnn(C3CCCCC3)c2)c2cc(-c3c(F)ccc4cnsc34)oc12. The van der Waals surface area contributed by atoms with Crippen LogP contribution >= 0.6 is 11.5 Å². The summed E-state index contributed by atoms with van der Waals surface area (Å²) in [5.41, 5.74) is 8.80. The lowest BCUT2D eigenvalue weighted by atomic mass is 9.96. The van der Waals surface area contributed by atoms with E-state index in [0.29, 0.717) is 22.9 Å². The minimum absolute atomic E-state index is 0.279. The second-order valence-corrected chi connectivity index (χ2v) is 8.88. The van der Waals surface area contributed by atoms with Crippen LogP contribution in [0.15, 0.2) is 47.4 Å². The molecule has 8 heteroatoms. The maximum Gasteiger partial charge on any atom is 0.177 e. The topological polar surface area (TPSA) is 82.8 Å². The quantitative estimate of drug-likeness (QED) is 0.367. The fraction of sp³-hybridized carbons (Fsp3) is 0.261. The Hall–Kier alpha value is -3.26. The minimum Gasteiger partial charge on any atom is -0.452 e. The van der Waals surface area contributed by atoms with Crippen LogP contribution in [0.25, 0.3) is 43.5 Å². The third-order valence-electron chi connectivity index (χ3n) is 6.17. The monoisotopic (exact) mass is 433 g/mol. The second kappa shape index (κ2) is 7.16. The van der Waals surface area contributed by atoms with Crippen LogP contribution in [0.2, 0.25) is 0 Å². The van der Waals surface area contributed by atoms with Crippen molar-refractivity contribution >= 4 is 38.4 Å². The zero-order chi connectivity index (χ0) is 20.9. The van der Waals surface area contributed by atoms with Gasteiger partial charge in [0.1, 0.15) is 11.6 Å². The third kappa shape index (κ3) is 3.01. The van der Waals surface area contributed by atoms with E-state index in [4.69, 9.17) is 10.2 Å². The van der Waals surface area contributed by atoms with E-state index in [1.807, 2.05) is 12.3 Å². The summed E-state index contributed by atoms with van der Waals surface area (Å²) >= 11 is 1.25.